The molecule has 0 radical (unpaired) electrons. The fourth-order valence-electron chi connectivity index (χ4n) is 6.17. The molecule has 0 saturated heterocycles. The number of hydrogen-bond acceptors (Lipinski definition) is 8. The van der Waals surface area contributed by atoms with Gasteiger partial charge in [0, 0.05) is 40.8 Å². The standard InChI is InChI=1S/C35H48N4O6S2/c1-35(2,3)38-33(41)27-21-26(45-4)17-16-25(27)20-30(40)28(19-23-11-7-6-8-12-23)37-34(42)29(39-47(5,43)44)22-46-31-15-9-13-24-14-10-18-36-32(24)31/h6-15,18,25-30,39-40H,16-17,19-22H2,1-5H3,(H,37,42)(H,38,41). The van der Waals surface area contributed by atoms with Gasteiger partial charge in [-0.3, -0.25) is 14.6 Å². The van der Waals surface area contributed by atoms with Crippen LogP contribution in [0.5, 0.6) is 0 Å². The lowest BCUT2D eigenvalue weighted by molar-refractivity contribution is -0.132. The van der Waals surface area contributed by atoms with E-state index >= 15 is 0 Å². The molecule has 47 heavy (non-hydrogen) atoms. The SMILES string of the molecule is COC1CCC(CC(O)C(Cc2ccccc2)NC(=O)C(CSc2cccc3cccnc23)NS(C)(=O)=O)C(C(=O)NC(C)(C)C)C1. The Labute approximate surface area is 282 Å². The first-order valence-electron chi connectivity index (χ1n) is 16.0. The van der Waals surface area contributed by atoms with Crippen molar-refractivity contribution in [3.05, 3.63) is 72.4 Å². The topological polar surface area (TPSA) is 147 Å². The Balaban J connectivity index is 1.55. The van der Waals surface area contributed by atoms with Crippen molar-refractivity contribution >= 4 is 44.5 Å². The number of nitrogens with zero attached hydrogens (tertiary/aromatic N) is 1. The van der Waals surface area contributed by atoms with E-state index in [1.165, 1.54) is 11.8 Å². The third-order valence-electron chi connectivity index (χ3n) is 8.42. The Morgan fingerprint density at radius 2 is 1.79 bits per heavy atom. The smallest absolute Gasteiger partial charge is 0.239 e. The number of ether oxygens (including phenoxy) is 1. The number of fused-ring (bicyclic) bond motifs is 1. The number of methoxy groups -OCH3 is 1. The number of hydrogen-bond donors (Lipinski definition) is 4. The number of carbonyl (C=O) groups excluding carboxylic acids is 2. The van der Waals surface area contributed by atoms with Crippen molar-refractivity contribution < 1.29 is 27.9 Å². The van der Waals surface area contributed by atoms with Crippen LogP contribution in [-0.2, 0) is 30.8 Å². The number of aliphatic hydroxyl groups is 1. The third-order valence-corrected chi connectivity index (χ3v) is 10.3. The van der Waals surface area contributed by atoms with Crippen LogP contribution in [0.4, 0.5) is 0 Å². The number of sulfonamides is 1. The first kappa shape index (κ1) is 36.8. The lowest BCUT2D eigenvalue weighted by Crippen LogP contribution is -2.54. The molecule has 1 aliphatic rings. The van der Waals surface area contributed by atoms with Gasteiger partial charge < -0.3 is 20.5 Å². The lowest BCUT2D eigenvalue weighted by atomic mass is 9.73. The summed E-state index contributed by atoms with van der Waals surface area (Å²) in [7, 11) is -2.10. The highest BCUT2D eigenvalue weighted by molar-refractivity contribution is 7.99. The molecule has 10 nitrogen and oxygen atoms in total. The van der Waals surface area contributed by atoms with E-state index in [0.717, 1.165) is 34.0 Å². The van der Waals surface area contributed by atoms with Crippen LogP contribution in [0.25, 0.3) is 10.9 Å². The van der Waals surface area contributed by atoms with Crippen LogP contribution < -0.4 is 15.4 Å². The zero-order chi connectivity index (χ0) is 34.2. The molecule has 4 N–H and O–H groups in total. The van der Waals surface area contributed by atoms with Crippen molar-refractivity contribution in [1.29, 1.82) is 0 Å². The summed E-state index contributed by atoms with van der Waals surface area (Å²) in [5.74, 6) is -0.994. The van der Waals surface area contributed by atoms with Gasteiger partial charge in [-0.1, -0.05) is 48.5 Å². The Bertz CT molecular complexity index is 1590. The Hall–Kier alpha value is -3.03. The normalized spacial score (nSPS) is 20.7. The van der Waals surface area contributed by atoms with E-state index < -0.39 is 39.7 Å². The minimum absolute atomic E-state index is 0.0452. The van der Waals surface area contributed by atoms with Crippen molar-refractivity contribution in [1.82, 2.24) is 20.3 Å². The Kier molecular flexibility index (Phi) is 12.8. The maximum atomic E-state index is 13.9. The molecule has 0 aliphatic heterocycles. The van der Waals surface area contributed by atoms with Crippen molar-refractivity contribution in [3.8, 4) is 0 Å². The third kappa shape index (κ3) is 11.3. The van der Waals surface area contributed by atoms with E-state index in [1.807, 2.05) is 81.4 Å². The van der Waals surface area contributed by atoms with Crippen molar-refractivity contribution in [3.63, 3.8) is 0 Å². The lowest BCUT2D eigenvalue weighted by Gasteiger charge is -2.38. The highest BCUT2D eigenvalue weighted by Gasteiger charge is 2.39. The number of thioether (sulfide) groups is 1. The molecule has 2 amide bonds. The number of para-hydroxylation sites is 1. The summed E-state index contributed by atoms with van der Waals surface area (Å²) in [4.78, 5) is 32.6. The molecule has 0 spiro atoms. The molecule has 4 rings (SSSR count). The molecule has 2 aromatic carbocycles. The van der Waals surface area contributed by atoms with Crippen LogP contribution in [0, 0.1) is 11.8 Å². The van der Waals surface area contributed by atoms with Crippen LogP contribution in [0.3, 0.4) is 0 Å². The van der Waals surface area contributed by atoms with Crippen LogP contribution in [-0.4, -0.2) is 79.3 Å². The van der Waals surface area contributed by atoms with Gasteiger partial charge in [0.05, 0.1) is 30.0 Å². The van der Waals surface area contributed by atoms with Crippen LogP contribution in [0.1, 0.15) is 52.0 Å². The zero-order valence-corrected chi connectivity index (χ0v) is 29.4. The van der Waals surface area contributed by atoms with Crippen molar-refractivity contribution in [2.24, 2.45) is 11.8 Å². The highest BCUT2D eigenvalue weighted by atomic mass is 32.2. The second kappa shape index (κ2) is 16.4. The number of aliphatic hydroxyl groups excluding tert-OH is 1. The summed E-state index contributed by atoms with van der Waals surface area (Å²) in [6.45, 7) is 5.81. The monoisotopic (exact) mass is 684 g/mol. The molecular weight excluding hydrogens is 637 g/mol. The van der Waals surface area contributed by atoms with E-state index in [9.17, 15) is 23.1 Å². The molecule has 1 aliphatic carbocycles. The average molecular weight is 685 g/mol. The molecule has 6 unspecified atom stereocenters. The predicted octanol–water partition coefficient (Wildman–Crippen LogP) is 4.07. The van der Waals surface area contributed by atoms with Crippen molar-refractivity contribution in [2.75, 3.05) is 19.1 Å². The maximum Gasteiger partial charge on any atom is 0.239 e. The number of nitrogens with one attached hydrogen (secondary N) is 3. The van der Waals surface area contributed by atoms with Crippen LogP contribution in [0.15, 0.2) is 71.8 Å². The van der Waals surface area contributed by atoms with Crippen LogP contribution in [0.2, 0.25) is 0 Å². The molecule has 6 atom stereocenters. The molecule has 3 aromatic rings. The summed E-state index contributed by atoms with van der Waals surface area (Å²) >= 11 is 1.34. The van der Waals surface area contributed by atoms with E-state index in [4.69, 9.17) is 4.74 Å². The van der Waals surface area contributed by atoms with Crippen molar-refractivity contribution in [2.45, 2.75) is 87.6 Å². The minimum Gasteiger partial charge on any atom is -0.391 e. The summed E-state index contributed by atoms with van der Waals surface area (Å²) in [6.07, 6.45) is 4.29. The maximum absolute atomic E-state index is 13.9. The fraction of sp³-hybridized carbons (Fsp3) is 0.514. The molecule has 1 saturated carbocycles. The van der Waals surface area contributed by atoms with Gasteiger partial charge in [-0.15, -0.1) is 11.8 Å². The van der Waals surface area contributed by atoms with Gasteiger partial charge in [0.15, 0.2) is 0 Å². The molecule has 0 bridgehead atoms. The Morgan fingerprint density at radius 1 is 1.06 bits per heavy atom. The number of pyridine rings is 1. The molecule has 1 aromatic heterocycles. The van der Waals surface area contributed by atoms with E-state index in [0.29, 0.717) is 19.3 Å². The Morgan fingerprint density at radius 3 is 2.47 bits per heavy atom. The fourth-order valence-corrected chi connectivity index (χ4v) is 8.05. The summed E-state index contributed by atoms with van der Waals surface area (Å²) < 4.78 is 32.9. The second-order valence-electron chi connectivity index (χ2n) is 13.5. The molecular formula is C35H48N4O6S2. The van der Waals surface area contributed by atoms with Gasteiger partial charge in [0.2, 0.25) is 21.8 Å². The van der Waals surface area contributed by atoms with Gasteiger partial charge in [-0.05, 0) is 76.5 Å². The van der Waals surface area contributed by atoms with E-state index in [-0.39, 0.29) is 36.0 Å². The number of aromatic nitrogens is 1. The molecule has 1 fully saturated rings. The molecule has 12 heteroatoms. The predicted molar refractivity (Wildman–Crippen MR) is 186 cm³/mol. The minimum atomic E-state index is -3.75. The van der Waals surface area contributed by atoms with E-state index in [2.05, 4.69) is 20.3 Å². The second-order valence-corrected chi connectivity index (χ2v) is 16.3. The van der Waals surface area contributed by atoms with E-state index in [1.54, 1.807) is 13.3 Å². The zero-order valence-electron chi connectivity index (χ0n) is 27.8. The number of amides is 2. The summed E-state index contributed by atoms with van der Waals surface area (Å²) in [5.41, 5.74) is 1.26. The molecule has 1 heterocycles. The number of benzene rings is 2. The van der Waals surface area contributed by atoms with Gasteiger partial charge in [0.1, 0.15) is 6.04 Å². The van der Waals surface area contributed by atoms with Crippen LogP contribution >= 0.6 is 11.8 Å². The van der Waals surface area contributed by atoms with Gasteiger partial charge >= 0.3 is 0 Å². The number of rotatable bonds is 14. The quantitative estimate of drug-likeness (QED) is 0.186. The number of carbonyl (C=O) groups is 2. The average Bonchev–Trinajstić information content (AvgIpc) is 3.02. The first-order valence-corrected chi connectivity index (χ1v) is 18.9. The van der Waals surface area contributed by atoms with Gasteiger partial charge in [-0.25, -0.2) is 13.1 Å². The van der Waals surface area contributed by atoms with Gasteiger partial charge in [0.25, 0.3) is 0 Å². The summed E-state index contributed by atoms with van der Waals surface area (Å²) in [5, 5.41) is 18.8. The largest absolute Gasteiger partial charge is 0.391 e. The first-order chi connectivity index (χ1) is 22.2. The summed E-state index contributed by atoms with van der Waals surface area (Å²) in [6, 6.07) is 17.2. The molecule has 256 valence electrons. The van der Waals surface area contributed by atoms with Gasteiger partial charge in [-0.2, -0.15) is 0 Å². The highest BCUT2D eigenvalue weighted by Crippen LogP contribution is 2.36.